The van der Waals surface area contributed by atoms with Gasteiger partial charge in [0.15, 0.2) is 0 Å². The molecule has 1 rings (SSSR count). The second-order valence-electron chi connectivity index (χ2n) is 2.42. The molecule has 2 N–H and O–H groups in total. The molecule has 1 aromatic rings. The summed E-state index contributed by atoms with van der Waals surface area (Å²) >= 11 is 0. The van der Waals surface area contributed by atoms with Crippen LogP contribution in [0, 0.1) is 11.3 Å². The maximum atomic E-state index is 8.50. The zero-order valence-corrected chi connectivity index (χ0v) is 6.54. The van der Waals surface area contributed by atoms with Gasteiger partial charge in [-0.1, -0.05) is 12.1 Å². The van der Waals surface area contributed by atoms with E-state index < -0.39 is 0 Å². The van der Waals surface area contributed by atoms with Crippen molar-refractivity contribution in [2.45, 2.75) is 6.54 Å². The van der Waals surface area contributed by atoms with Gasteiger partial charge in [-0.05, 0) is 12.1 Å². The maximum Gasteiger partial charge on any atom is 0.101 e. The van der Waals surface area contributed by atoms with E-state index in [1.54, 1.807) is 0 Å². The van der Waals surface area contributed by atoms with Crippen LogP contribution in [0.5, 0.6) is 0 Å². The Labute approximate surface area is 66.5 Å². The molecule has 2 nitrogen and oxygen atoms in total. The molecular weight excluding hydrogens is 136 g/mol. The molecule has 1 aromatic carbocycles. The monoisotopic (exact) mass is 147 g/mol. The van der Waals surface area contributed by atoms with E-state index in [-0.39, 0.29) is 0 Å². The van der Waals surface area contributed by atoms with Crippen LogP contribution in [0.25, 0.3) is 0 Å². The SMILES string of the molecule is C[NH2+]Cc1ccc(C#N)cc1. The van der Waals surface area contributed by atoms with Gasteiger partial charge in [-0.3, -0.25) is 0 Å². The lowest BCUT2D eigenvalue weighted by molar-refractivity contribution is -0.643. The molecule has 0 aliphatic heterocycles. The minimum absolute atomic E-state index is 0.727. The van der Waals surface area contributed by atoms with Crippen LogP contribution in [0.2, 0.25) is 0 Å². The second-order valence-corrected chi connectivity index (χ2v) is 2.42. The first-order chi connectivity index (χ1) is 5.36. The Hall–Kier alpha value is -1.33. The summed E-state index contributed by atoms with van der Waals surface area (Å²) in [5, 5.41) is 10.6. The zero-order chi connectivity index (χ0) is 8.10. The normalized spacial score (nSPS) is 9.09. The van der Waals surface area contributed by atoms with Crippen LogP contribution in [0.1, 0.15) is 11.1 Å². The van der Waals surface area contributed by atoms with Gasteiger partial charge >= 0.3 is 0 Å². The van der Waals surface area contributed by atoms with Crippen molar-refractivity contribution in [3.05, 3.63) is 35.4 Å². The Balaban J connectivity index is 2.76. The summed E-state index contributed by atoms with van der Waals surface area (Å²) in [4.78, 5) is 0. The molecule has 2 heteroatoms. The molecular formula is C9H11N2+. The van der Waals surface area contributed by atoms with Crippen LogP contribution < -0.4 is 5.32 Å². The van der Waals surface area contributed by atoms with E-state index in [9.17, 15) is 0 Å². The van der Waals surface area contributed by atoms with E-state index in [2.05, 4.69) is 11.4 Å². The Morgan fingerprint density at radius 1 is 1.36 bits per heavy atom. The van der Waals surface area contributed by atoms with Gasteiger partial charge in [-0.25, -0.2) is 0 Å². The van der Waals surface area contributed by atoms with Crippen LogP contribution in [0.15, 0.2) is 24.3 Å². The van der Waals surface area contributed by atoms with Gasteiger partial charge in [0.25, 0.3) is 0 Å². The summed E-state index contributed by atoms with van der Waals surface area (Å²) in [5.74, 6) is 0. The number of hydrogen-bond donors (Lipinski definition) is 1. The molecule has 0 fully saturated rings. The summed E-state index contributed by atoms with van der Waals surface area (Å²) in [5.41, 5.74) is 1.98. The first-order valence-electron chi connectivity index (χ1n) is 3.63. The Bertz CT molecular complexity index is 256. The number of quaternary nitrogens is 1. The maximum absolute atomic E-state index is 8.50. The average Bonchev–Trinajstić information content (AvgIpc) is 2.07. The fourth-order valence-corrected chi connectivity index (χ4v) is 0.951. The summed E-state index contributed by atoms with van der Waals surface area (Å²) in [7, 11) is 2.03. The highest BCUT2D eigenvalue weighted by Crippen LogP contribution is 2.00. The van der Waals surface area contributed by atoms with Crippen molar-refractivity contribution >= 4 is 0 Å². The first-order valence-corrected chi connectivity index (χ1v) is 3.63. The van der Waals surface area contributed by atoms with Crippen molar-refractivity contribution in [2.24, 2.45) is 0 Å². The van der Waals surface area contributed by atoms with Crippen molar-refractivity contribution in [3.8, 4) is 6.07 Å². The molecule has 0 saturated heterocycles. The molecule has 0 amide bonds. The molecule has 0 aliphatic carbocycles. The first kappa shape index (κ1) is 7.77. The zero-order valence-electron chi connectivity index (χ0n) is 6.54. The third-order valence-electron chi connectivity index (χ3n) is 1.52. The van der Waals surface area contributed by atoms with Crippen molar-refractivity contribution in [1.29, 1.82) is 5.26 Å². The Morgan fingerprint density at radius 2 is 2.00 bits per heavy atom. The summed E-state index contributed by atoms with van der Waals surface area (Å²) < 4.78 is 0. The van der Waals surface area contributed by atoms with Gasteiger partial charge in [-0.2, -0.15) is 5.26 Å². The smallest absolute Gasteiger partial charge is 0.101 e. The number of nitrogens with two attached hydrogens (primary N) is 1. The lowest BCUT2D eigenvalue weighted by atomic mass is 10.1. The standard InChI is InChI=1S/C9H10N2/c1-11-7-9-4-2-8(6-10)3-5-9/h2-5,11H,7H2,1H3/p+1. The highest BCUT2D eigenvalue weighted by Gasteiger charge is 1.92. The van der Waals surface area contributed by atoms with Gasteiger partial charge in [0.2, 0.25) is 0 Å². The average molecular weight is 147 g/mol. The van der Waals surface area contributed by atoms with Crippen molar-refractivity contribution in [1.82, 2.24) is 0 Å². The predicted octanol–water partition coefficient (Wildman–Crippen LogP) is 0.251. The van der Waals surface area contributed by atoms with Gasteiger partial charge in [0.1, 0.15) is 6.54 Å². The molecule has 0 heterocycles. The third kappa shape index (κ3) is 2.06. The van der Waals surface area contributed by atoms with E-state index in [1.807, 2.05) is 31.3 Å². The third-order valence-corrected chi connectivity index (χ3v) is 1.52. The van der Waals surface area contributed by atoms with E-state index in [1.165, 1.54) is 5.56 Å². The summed E-state index contributed by atoms with van der Waals surface area (Å²) in [6, 6.07) is 9.75. The molecule has 0 aromatic heterocycles. The van der Waals surface area contributed by atoms with Crippen molar-refractivity contribution < 1.29 is 5.32 Å². The second kappa shape index (κ2) is 3.75. The number of nitrogens with zero attached hydrogens (tertiary/aromatic N) is 1. The highest BCUT2D eigenvalue weighted by molar-refractivity contribution is 5.31. The topological polar surface area (TPSA) is 40.4 Å². The largest absolute Gasteiger partial charge is 0.345 e. The van der Waals surface area contributed by atoms with Crippen LogP contribution >= 0.6 is 0 Å². The van der Waals surface area contributed by atoms with Gasteiger partial charge in [0, 0.05) is 5.56 Å². The molecule has 56 valence electrons. The van der Waals surface area contributed by atoms with Crippen LogP contribution in [0.4, 0.5) is 0 Å². The van der Waals surface area contributed by atoms with E-state index in [0.29, 0.717) is 0 Å². The molecule has 0 saturated carbocycles. The summed E-state index contributed by atoms with van der Waals surface area (Å²) in [6.07, 6.45) is 0. The number of nitriles is 1. The van der Waals surface area contributed by atoms with Gasteiger partial charge in [0.05, 0.1) is 18.7 Å². The van der Waals surface area contributed by atoms with E-state index in [0.717, 1.165) is 12.1 Å². The Morgan fingerprint density at radius 3 is 2.45 bits per heavy atom. The molecule has 0 unspecified atom stereocenters. The molecule has 11 heavy (non-hydrogen) atoms. The van der Waals surface area contributed by atoms with Crippen LogP contribution in [0.3, 0.4) is 0 Å². The molecule has 0 spiro atoms. The van der Waals surface area contributed by atoms with Gasteiger partial charge < -0.3 is 5.32 Å². The lowest BCUT2D eigenvalue weighted by Gasteiger charge is -1.95. The fraction of sp³-hybridized carbons (Fsp3) is 0.222. The minimum atomic E-state index is 0.727. The minimum Gasteiger partial charge on any atom is -0.345 e. The number of rotatable bonds is 2. The quantitative estimate of drug-likeness (QED) is 0.640. The van der Waals surface area contributed by atoms with E-state index in [4.69, 9.17) is 5.26 Å². The molecule has 0 radical (unpaired) electrons. The molecule has 0 aliphatic rings. The Kier molecular flexibility index (Phi) is 2.65. The van der Waals surface area contributed by atoms with E-state index >= 15 is 0 Å². The molecule has 0 bridgehead atoms. The number of benzene rings is 1. The highest BCUT2D eigenvalue weighted by atomic mass is 14.8. The van der Waals surface area contributed by atoms with Crippen LogP contribution in [-0.4, -0.2) is 7.05 Å². The van der Waals surface area contributed by atoms with Gasteiger partial charge in [-0.15, -0.1) is 0 Å². The van der Waals surface area contributed by atoms with Crippen LogP contribution in [-0.2, 0) is 6.54 Å². The van der Waals surface area contributed by atoms with Crippen molar-refractivity contribution in [2.75, 3.05) is 7.05 Å². The summed E-state index contributed by atoms with van der Waals surface area (Å²) in [6.45, 7) is 0.978. The van der Waals surface area contributed by atoms with Crippen molar-refractivity contribution in [3.63, 3.8) is 0 Å². The predicted molar refractivity (Wildman–Crippen MR) is 42.7 cm³/mol. The fourth-order valence-electron chi connectivity index (χ4n) is 0.951. The lowest BCUT2D eigenvalue weighted by Crippen LogP contribution is -2.77. The molecule has 0 atom stereocenters. The number of hydrogen-bond acceptors (Lipinski definition) is 1.